The molecule has 6 nitrogen and oxygen atoms in total. The van der Waals surface area contributed by atoms with Crippen LogP contribution in [0.4, 0.5) is 0 Å². The van der Waals surface area contributed by atoms with E-state index in [9.17, 15) is 4.79 Å². The third kappa shape index (κ3) is 3.13. The third-order valence-electron chi connectivity index (χ3n) is 3.81. The molecule has 1 unspecified atom stereocenters. The number of nitrogens with one attached hydrogen (secondary N) is 1. The van der Waals surface area contributed by atoms with Crippen LogP contribution in [0.15, 0.2) is 24.3 Å². The number of amides is 1. The summed E-state index contributed by atoms with van der Waals surface area (Å²) in [4.78, 5) is 16.6. The molecule has 1 aliphatic rings. The van der Waals surface area contributed by atoms with E-state index in [-0.39, 0.29) is 5.91 Å². The minimum Gasteiger partial charge on any atom is -0.376 e. The third-order valence-corrected chi connectivity index (χ3v) is 3.81. The fourth-order valence-corrected chi connectivity index (χ4v) is 2.72. The molecule has 1 aromatic carbocycles. The van der Waals surface area contributed by atoms with Crippen LogP contribution in [-0.4, -0.2) is 47.9 Å². The summed E-state index contributed by atoms with van der Waals surface area (Å²) in [5.74, 6) is 0.878. The van der Waals surface area contributed by atoms with Gasteiger partial charge in [0.05, 0.1) is 30.9 Å². The number of ether oxygens (including phenoxy) is 2. The molecule has 0 radical (unpaired) electrons. The molecule has 22 heavy (non-hydrogen) atoms. The molecule has 2 heterocycles. The average molecular weight is 303 g/mol. The van der Waals surface area contributed by atoms with E-state index in [4.69, 9.17) is 9.47 Å². The van der Waals surface area contributed by atoms with Gasteiger partial charge in [-0.1, -0.05) is 12.1 Å². The highest BCUT2D eigenvalue weighted by Gasteiger charge is 2.22. The zero-order valence-electron chi connectivity index (χ0n) is 12.7. The number of hydrogen-bond donors (Lipinski definition) is 1. The summed E-state index contributed by atoms with van der Waals surface area (Å²) in [6.45, 7) is 4.88. The summed E-state index contributed by atoms with van der Waals surface area (Å²) >= 11 is 0. The Kier molecular flexibility index (Phi) is 4.70. The summed E-state index contributed by atoms with van der Waals surface area (Å²) in [6.07, 6.45) is 0.209. The maximum atomic E-state index is 12.0. The predicted molar refractivity (Wildman–Crippen MR) is 82.7 cm³/mol. The van der Waals surface area contributed by atoms with E-state index in [0.29, 0.717) is 32.8 Å². The molecule has 1 aromatic heterocycles. The molecule has 1 N–H and O–H groups in total. The van der Waals surface area contributed by atoms with Gasteiger partial charge in [-0.3, -0.25) is 4.79 Å². The van der Waals surface area contributed by atoms with E-state index in [2.05, 4.69) is 27.9 Å². The van der Waals surface area contributed by atoms with Gasteiger partial charge in [0.25, 0.3) is 5.91 Å². The van der Waals surface area contributed by atoms with Crippen LogP contribution in [-0.2, 0) is 27.2 Å². The molecular formula is C16H21N3O3. The van der Waals surface area contributed by atoms with Gasteiger partial charge < -0.3 is 19.4 Å². The van der Waals surface area contributed by atoms with E-state index < -0.39 is 6.10 Å². The average Bonchev–Trinajstić information content (AvgIpc) is 2.93. The van der Waals surface area contributed by atoms with Crippen molar-refractivity contribution >= 4 is 16.9 Å². The zero-order chi connectivity index (χ0) is 15.4. The van der Waals surface area contributed by atoms with Crippen LogP contribution in [0, 0.1) is 0 Å². The molecule has 1 atom stereocenters. The van der Waals surface area contributed by atoms with Gasteiger partial charge in [-0.2, -0.15) is 0 Å². The first kappa shape index (κ1) is 15.0. The number of fused-ring (bicyclic) bond motifs is 1. The van der Waals surface area contributed by atoms with Crippen molar-refractivity contribution in [2.45, 2.75) is 26.0 Å². The molecule has 1 aliphatic heterocycles. The quantitative estimate of drug-likeness (QED) is 0.899. The van der Waals surface area contributed by atoms with Crippen LogP contribution in [0.25, 0.3) is 11.0 Å². The highest BCUT2D eigenvalue weighted by atomic mass is 16.6. The van der Waals surface area contributed by atoms with Crippen molar-refractivity contribution in [3.8, 4) is 0 Å². The summed E-state index contributed by atoms with van der Waals surface area (Å²) in [5.41, 5.74) is 2.13. The number of aromatic nitrogens is 2. The number of carbonyl (C=O) groups excluding carboxylic acids is 1. The van der Waals surface area contributed by atoms with Gasteiger partial charge in [-0.05, 0) is 19.1 Å². The molecule has 6 heteroatoms. The number of benzene rings is 1. The number of para-hydroxylation sites is 2. The molecule has 1 amide bonds. The minimum atomic E-state index is -0.487. The summed E-state index contributed by atoms with van der Waals surface area (Å²) in [5, 5.41) is 2.90. The van der Waals surface area contributed by atoms with Gasteiger partial charge in [0.1, 0.15) is 5.82 Å². The number of hydrogen-bond acceptors (Lipinski definition) is 4. The molecule has 3 rings (SSSR count). The van der Waals surface area contributed by atoms with Crippen LogP contribution in [0.5, 0.6) is 0 Å². The van der Waals surface area contributed by atoms with Crippen molar-refractivity contribution in [1.29, 1.82) is 0 Å². The number of imidazole rings is 1. The lowest BCUT2D eigenvalue weighted by atomic mass is 10.3. The van der Waals surface area contributed by atoms with Gasteiger partial charge in [0.15, 0.2) is 6.10 Å². The van der Waals surface area contributed by atoms with Crippen molar-refractivity contribution in [3.63, 3.8) is 0 Å². The van der Waals surface area contributed by atoms with Gasteiger partial charge in [-0.15, -0.1) is 0 Å². The second-order valence-electron chi connectivity index (χ2n) is 5.24. The first-order chi connectivity index (χ1) is 10.8. The fourth-order valence-electron chi connectivity index (χ4n) is 2.72. The molecule has 0 saturated carbocycles. The molecule has 0 bridgehead atoms. The molecule has 2 aromatic rings. The standard InChI is InChI=1S/C16H21N3O3/c1-2-19-13-6-4-3-5-12(13)18-15(19)7-8-17-16(20)14-11-21-9-10-22-14/h3-6,14H,2,7-11H2,1H3,(H,17,20). The Labute approximate surface area is 129 Å². The highest BCUT2D eigenvalue weighted by molar-refractivity contribution is 5.81. The topological polar surface area (TPSA) is 65.4 Å². The van der Waals surface area contributed by atoms with E-state index in [1.165, 1.54) is 0 Å². The number of nitrogens with zero attached hydrogens (tertiary/aromatic N) is 2. The molecule has 0 aliphatic carbocycles. The van der Waals surface area contributed by atoms with Crippen molar-refractivity contribution in [1.82, 2.24) is 14.9 Å². The summed E-state index contributed by atoms with van der Waals surface area (Å²) in [6, 6.07) is 8.08. The van der Waals surface area contributed by atoms with Crippen LogP contribution >= 0.6 is 0 Å². The van der Waals surface area contributed by atoms with Crippen molar-refractivity contribution in [3.05, 3.63) is 30.1 Å². The van der Waals surface area contributed by atoms with Gasteiger partial charge in [0.2, 0.25) is 0 Å². The number of rotatable bonds is 5. The first-order valence-electron chi connectivity index (χ1n) is 7.70. The number of aryl methyl sites for hydroxylation is 1. The molecule has 1 fully saturated rings. The van der Waals surface area contributed by atoms with Crippen LogP contribution in [0.2, 0.25) is 0 Å². The lowest BCUT2D eigenvalue weighted by molar-refractivity contribution is -0.147. The van der Waals surface area contributed by atoms with Crippen molar-refractivity contribution in [2.75, 3.05) is 26.4 Å². The Hall–Kier alpha value is -1.92. The lowest BCUT2D eigenvalue weighted by Crippen LogP contribution is -2.43. The summed E-state index contributed by atoms with van der Waals surface area (Å²) in [7, 11) is 0. The van der Waals surface area contributed by atoms with Gasteiger partial charge in [0, 0.05) is 19.5 Å². The van der Waals surface area contributed by atoms with Crippen LogP contribution in [0.3, 0.4) is 0 Å². The maximum Gasteiger partial charge on any atom is 0.251 e. The van der Waals surface area contributed by atoms with E-state index in [1.807, 2.05) is 18.2 Å². The van der Waals surface area contributed by atoms with Crippen LogP contribution in [0.1, 0.15) is 12.7 Å². The zero-order valence-corrected chi connectivity index (χ0v) is 12.7. The second-order valence-corrected chi connectivity index (χ2v) is 5.24. The smallest absolute Gasteiger partial charge is 0.251 e. The molecule has 118 valence electrons. The van der Waals surface area contributed by atoms with E-state index >= 15 is 0 Å². The predicted octanol–water partition coefficient (Wildman–Crippen LogP) is 1.13. The molecular weight excluding hydrogens is 282 g/mol. The largest absolute Gasteiger partial charge is 0.376 e. The van der Waals surface area contributed by atoms with E-state index in [0.717, 1.165) is 23.4 Å². The Bertz CT molecular complexity index is 647. The van der Waals surface area contributed by atoms with Crippen molar-refractivity contribution in [2.24, 2.45) is 0 Å². The lowest BCUT2D eigenvalue weighted by Gasteiger charge is -2.22. The first-order valence-corrected chi connectivity index (χ1v) is 7.70. The Morgan fingerprint density at radius 3 is 3.05 bits per heavy atom. The highest BCUT2D eigenvalue weighted by Crippen LogP contribution is 2.16. The normalized spacial score (nSPS) is 18.5. The summed E-state index contributed by atoms with van der Waals surface area (Å²) < 4.78 is 12.8. The monoisotopic (exact) mass is 303 g/mol. The molecule has 1 saturated heterocycles. The molecule has 0 spiro atoms. The number of carbonyl (C=O) groups is 1. The SMILES string of the molecule is CCn1c(CCNC(=O)C2COCCO2)nc2ccccc21. The van der Waals surface area contributed by atoms with E-state index in [1.54, 1.807) is 0 Å². The van der Waals surface area contributed by atoms with Crippen molar-refractivity contribution < 1.29 is 14.3 Å². The maximum absolute atomic E-state index is 12.0. The second kappa shape index (κ2) is 6.89. The van der Waals surface area contributed by atoms with Crippen LogP contribution < -0.4 is 5.32 Å². The minimum absolute atomic E-state index is 0.112. The van der Waals surface area contributed by atoms with Gasteiger partial charge in [-0.25, -0.2) is 4.98 Å². The Morgan fingerprint density at radius 1 is 1.41 bits per heavy atom. The fraction of sp³-hybridized carbons (Fsp3) is 0.500. The Morgan fingerprint density at radius 2 is 2.27 bits per heavy atom. The van der Waals surface area contributed by atoms with Gasteiger partial charge >= 0.3 is 0 Å². The Balaban J connectivity index is 1.60.